The molecule has 0 bridgehead atoms. The number of methoxy groups -OCH3 is 1. The Morgan fingerprint density at radius 3 is 2.32 bits per heavy atom. The van der Waals surface area contributed by atoms with E-state index in [4.69, 9.17) is 9.47 Å². The van der Waals surface area contributed by atoms with Crippen molar-refractivity contribution in [1.29, 1.82) is 0 Å². The first-order chi connectivity index (χ1) is 15.2. The molecule has 0 atom stereocenters. The Bertz CT molecular complexity index is 859. The highest BCUT2D eigenvalue weighted by atomic mass is 16.5. The zero-order chi connectivity index (χ0) is 21.5. The summed E-state index contributed by atoms with van der Waals surface area (Å²) in [5.41, 5.74) is 3.34. The summed E-state index contributed by atoms with van der Waals surface area (Å²) in [4.78, 5) is 17.4. The number of ether oxygens (including phenoxy) is 2. The fourth-order valence-corrected chi connectivity index (χ4v) is 4.57. The summed E-state index contributed by atoms with van der Waals surface area (Å²) >= 11 is 0. The maximum atomic E-state index is 12.9. The molecule has 2 aromatic rings. The summed E-state index contributed by atoms with van der Waals surface area (Å²) in [6, 6.07) is 13.8. The second-order valence-corrected chi connectivity index (χ2v) is 8.56. The van der Waals surface area contributed by atoms with Crippen molar-refractivity contribution in [1.82, 2.24) is 9.80 Å². The van der Waals surface area contributed by atoms with Gasteiger partial charge in [0.25, 0.3) is 5.91 Å². The maximum absolute atomic E-state index is 12.9. The highest BCUT2D eigenvalue weighted by Gasteiger charge is 2.20. The van der Waals surface area contributed by atoms with Gasteiger partial charge < -0.3 is 19.3 Å². The minimum Gasteiger partial charge on any atom is -0.497 e. The smallest absolute Gasteiger partial charge is 0.253 e. The van der Waals surface area contributed by atoms with E-state index in [0.29, 0.717) is 5.56 Å². The van der Waals surface area contributed by atoms with E-state index in [1.807, 2.05) is 29.2 Å². The van der Waals surface area contributed by atoms with E-state index in [2.05, 4.69) is 23.1 Å². The molecule has 31 heavy (non-hydrogen) atoms. The van der Waals surface area contributed by atoms with E-state index in [9.17, 15) is 4.79 Å². The Labute approximate surface area is 185 Å². The van der Waals surface area contributed by atoms with Crippen LogP contribution < -0.4 is 9.47 Å². The highest BCUT2D eigenvalue weighted by Crippen LogP contribution is 2.23. The summed E-state index contributed by atoms with van der Waals surface area (Å²) in [5.74, 6) is 1.81. The number of nitrogens with zero attached hydrogens (tertiary/aromatic N) is 2. The Morgan fingerprint density at radius 1 is 0.871 bits per heavy atom. The van der Waals surface area contributed by atoms with Gasteiger partial charge in [0.2, 0.25) is 0 Å². The topological polar surface area (TPSA) is 42.0 Å². The minimum atomic E-state index is 0.0876. The SMILES string of the molecule is COc1ccc(C(=O)N2CCc3ccc(OCCCN4CCCCC4)cc3CC2)cc1. The molecule has 0 aliphatic carbocycles. The molecule has 2 aromatic carbocycles. The van der Waals surface area contributed by atoms with Crippen molar-refractivity contribution in [3.63, 3.8) is 0 Å². The van der Waals surface area contributed by atoms with Crippen molar-refractivity contribution < 1.29 is 14.3 Å². The van der Waals surface area contributed by atoms with E-state index in [1.54, 1.807) is 7.11 Å². The first-order valence-corrected chi connectivity index (χ1v) is 11.6. The lowest BCUT2D eigenvalue weighted by Gasteiger charge is -2.26. The summed E-state index contributed by atoms with van der Waals surface area (Å²) in [6.45, 7) is 5.85. The molecule has 0 N–H and O–H groups in total. The fourth-order valence-electron chi connectivity index (χ4n) is 4.57. The second kappa shape index (κ2) is 10.7. The van der Waals surface area contributed by atoms with Crippen LogP contribution in [0.1, 0.15) is 47.2 Å². The van der Waals surface area contributed by atoms with Crippen LogP contribution in [0.5, 0.6) is 11.5 Å². The van der Waals surface area contributed by atoms with Crippen LogP contribution in [0.4, 0.5) is 0 Å². The van der Waals surface area contributed by atoms with Gasteiger partial charge in [0.05, 0.1) is 13.7 Å². The molecule has 0 radical (unpaired) electrons. The molecule has 2 aliphatic heterocycles. The summed E-state index contributed by atoms with van der Waals surface area (Å²) in [6.07, 6.45) is 6.87. The minimum absolute atomic E-state index is 0.0876. The van der Waals surface area contributed by atoms with E-state index < -0.39 is 0 Å². The van der Waals surface area contributed by atoms with Crippen molar-refractivity contribution in [2.45, 2.75) is 38.5 Å². The molecule has 2 heterocycles. The molecule has 4 rings (SSSR count). The number of benzene rings is 2. The lowest BCUT2D eigenvalue weighted by atomic mass is 10.0. The van der Waals surface area contributed by atoms with Crippen LogP contribution in [0.25, 0.3) is 0 Å². The fraction of sp³-hybridized carbons (Fsp3) is 0.500. The average Bonchev–Trinajstić information content (AvgIpc) is 3.04. The largest absolute Gasteiger partial charge is 0.497 e. The normalized spacial score (nSPS) is 17.0. The third kappa shape index (κ3) is 5.79. The third-order valence-electron chi connectivity index (χ3n) is 6.44. The van der Waals surface area contributed by atoms with Crippen molar-refractivity contribution in [3.05, 3.63) is 59.2 Å². The Morgan fingerprint density at radius 2 is 1.58 bits per heavy atom. The third-order valence-corrected chi connectivity index (χ3v) is 6.44. The van der Waals surface area contributed by atoms with Crippen LogP contribution in [0.2, 0.25) is 0 Å². The molecule has 0 saturated carbocycles. The molecule has 0 unspecified atom stereocenters. The first kappa shape index (κ1) is 21.7. The van der Waals surface area contributed by atoms with Crippen LogP contribution in [-0.2, 0) is 12.8 Å². The summed E-state index contributed by atoms with van der Waals surface area (Å²) < 4.78 is 11.2. The average molecular weight is 423 g/mol. The van der Waals surface area contributed by atoms with Crippen molar-refractivity contribution >= 4 is 5.91 Å². The van der Waals surface area contributed by atoms with Gasteiger partial charge in [-0.05, 0) is 92.7 Å². The summed E-state index contributed by atoms with van der Waals surface area (Å²) in [5, 5.41) is 0. The molecule has 1 amide bonds. The van der Waals surface area contributed by atoms with Gasteiger partial charge in [-0.2, -0.15) is 0 Å². The molecule has 5 nitrogen and oxygen atoms in total. The quantitative estimate of drug-likeness (QED) is 0.628. The number of hydrogen-bond acceptors (Lipinski definition) is 4. The van der Waals surface area contributed by atoms with Gasteiger partial charge in [-0.1, -0.05) is 12.5 Å². The molecule has 1 saturated heterocycles. The number of hydrogen-bond donors (Lipinski definition) is 0. The summed E-state index contributed by atoms with van der Waals surface area (Å²) in [7, 11) is 1.63. The number of piperidine rings is 1. The maximum Gasteiger partial charge on any atom is 0.253 e. The number of carbonyl (C=O) groups excluding carboxylic acids is 1. The number of fused-ring (bicyclic) bond motifs is 1. The molecule has 2 aliphatic rings. The molecule has 5 heteroatoms. The van der Waals surface area contributed by atoms with Crippen LogP contribution in [-0.4, -0.2) is 62.1 Å². The van der Waals surface area contributed by atoms with Gasteiger partial charge >= 0.3 is 0 Å². The Hall–Kier alpha value is -2.53. The lowest BCUT2D eigenvalue weighted by molar-refractivity contribution is 0.0763. The molecule has 1 fully saturated rings. The number of carbonyl (C=O) groups is 1. The van der Waals surface area contributed by atoms with Gasteiger partial charge in [0.15, 0.2) is 0 Å². The lowest BCUT2D eigenvalue weighted by Crippen LogP contribution is -2.33. The van der Waals surface area contributed by atoms with Crippen LogP contribution >= 0.6 is 0 Å². The Balaban J connectivity index is 1.29. The monoisotopic (exact) mass is 422 g/mol. The van der Waals surface area contributed by atoms with Crippen LogP contribution in [0.3, 0.4) is 0 Å². The zero-order valence-electron chi connectivity index (χ0n) is 18.6. The number of amides is 1. The van der Waals surface area contributed by atoms with Gasteiger partial charge in [-0.15, -0.1) is 0 Å². The van der Waals surface area contributed by atoms with E-state index in [0.717, 1.165) is 57.0 Å². The van der Waals surface area contributed by atoms with E-state index in [1.165, 1.54) is 43.5 Å². The van der Waals surface area contributed by atoms with Crippen LogP contribution in [0, 0.1) is 0 Å². The van der Waals surface area contributed by atoms with Crippen molar-refractivity contribution in [3.8, 4) is 11.5 Å². The van der Waals surface area contributed by atoms with Crippen molar-refractivity contribution in [2.75, 3.05) is 46.4 Å². The van der Waals surface area contributed by atoms with Gasteiger partial charge in [-0.25, -0.2) is 0 Å². The molecule has 166 valence electrons. The first-order valence-electron chi connectivity index (χ1n) is 11.6. The van der Waals surface area contributed by atoms with Crippen LogP contribution in [0.15, 0.2) is 42.5 Å². The van der Waals surface area contributed by atoms with E-state index in [-0.39, 0.29) is 5.91 Å². The predicted octanol–water partition coefficient (Wildman–Crippen LogP) is 4.19. The highest BCUT2D eigenvalue weighted by molar-refractivity contribution is 5.94. The molecule has 0 aromatic heterocycles. The second-order valence-electron chi connectivity index (χ2n) is 8.56. The molecular weight excluding hydrogens is 388 g/mol. The van der Waals surface area contributed by atoms with Crippen molar-refractivity contribution in [2.24, 2.45) is 0 Å². The standard InChI is InChI=1S/C26H34N2O3/c1-30-24-9-7-22(8-10-24)26(29)28-17-12-21-6-11-25(20-23(21)13-18-28)31-19-5-16-27-14-3-2-4-15-27/h6-11,20H,2-5,12-19H2,1H3. The van der Waals surface area contributed by atoms with Gasteiger partial charge in [-0.3, -0.25) is 4.79 Å². The number of likely N-dealkylation sites (tertiary alicyclic amines) is 1. The zero-order valence-corrected chi connectivity index (χ0v) is 18.6. The number of rotatable bonds is 7. The van der Waals surface area contributed by atoms with E-state index >= 15 is 0 Å². The van der Waals surface area contributed by atoms with Gasteiger partial charge in [0.1, 0.15) is 11.5 Å². The molecular formula is C26H34N2O3. The Kier molecular flexibility index (Phi) is 7.47. The predicted molar refractivity (Wildman–Crippen MR) is 123 cm³/mol. The van der Waals surface area contributed by atoms with Gasteiger partial charge in [0, 0.05) is 25.2 Å². The molecule has 0 spiro atoms.